The van der Waals surface area contributed by atoms with Crippen LogP contribution in [0, 0.1) is 0 Å². The normalized spacial score (nSPS) is 11.2. The number of fused-ring (bicyclic) bond motifs is 1. The Labute approximate surface area is 154 Å². The molecular weight excluding hydrogens is 352 g/mol. The first-order chi connectivity index (χ1) is 12.8. The Morgan fingerprint density at radius 2 is 1.85 bits per heavy atom. The molecule has 27 heavy (non-hydrogen) atoms. The number of hydrogen-bond acceptors (Lipinski definition) is 6. The van der Waals surface area contributed by atoms with Gasteiger partial charge in [-0.25, -0.2) is 9.59 Å². The van der Waals surface area contributed by atoms with Crippen molar-refractivity contribution < 1.29 is 14.3 Å². The molecule has 9 nitrogen and oxygen atoms in total. The largest absolute Gasteiger partial charge is 0.465 e. The number of methoxy groups -OCH3 is 1. The molecular formula is C18H20N4O5. The molecule has 2 aromatic heterocycles. The first-order valence-corrected chi connectivity index (χ1v) is 8.30. The van der Waals surface area contributed by atoms with E-state index < -0.39 is 17.2 Å². The molecule has 0 amide bonds. The Bertz CT molecular complexity index is 1150. The Morgan fingerprint density at radius 3 is 2.48 bits per heavy atom. The number of aromatic nitrogens is 4. The molecule has 3 aromatic rings. The average molecular weight is 372 g/mol. The predicted octanol–water partition coefficient (Wildman–Crippen LogP) is 1.59. The lowest BCUT2D eigenvalue weighted by atomic mass is 10.2. The van der Waals surface area contributed by atoms with Crippen LogP contribution in [-0.4, -0.2) is 31.8 Å². The molecule has 1 aromatic carbocycles. The van der Waals surface area contributed by atoms with Crippen molar-refractivity contribution in [3.05, 3.63) is 50.7 Å². The van der Waals surface area contributed by atoms with Crippen LogP contribution in [0.1, 0.15) is 30.2 Å². The SMILES string of the molecule is COC(=O)c1cccc(Oc2nc3c(c(=O)n(C)c(=O)n3C)n2C(C)C)c1. The Kier molecular flexibility index (Phi) is 4.61. The van der Waals surface area contributed by atoms with Gasteiger partial charge >= 0.3 is 17.7 Å². The summed E-state index contributed by atoms with van der Waals surface area (Å²) in [5.74, 6) is -0.133. The van der Waals surface area contributed by atoms with Crippen LogP contribution in [-0.2, 0) is 18.8 Å². The van der Waals surface area contributed by atoms with E-state index >= 15 is 0 Å². The summed E-state index contributed by atoms with van der Waals surface area (Å²) in [6, 6.07) is 6.43. The quantitative estimate of drug-likeness (QED) is 0.645. The van der Waals surface area contributed by atoms with Crippen molar-refractivity contribution in [1.29, 1.82) is 0 Å². The number of carbonyl (C=O) groups is 1. The highest BCUT2D eigenvalue weighted by molar-refractivity contribution is 5.89. The van der Waals surface area contributed by atoms with E-state index in [4.69, 9.17) is 9.47 Å². The molecule has 9 heteroatoms. The van der Waals surface area contributed by atoms with Crippen molar-refractivity contribution in [2.24, 2.45) is 14.1 Å². The Hall–Kier alpha value is -3.36. The van der Waals surface area contributed by atoms with Crippen molar-refractivity contribution in [1.82, 2.24) is 18.7 Å². The molecule has 0 atom stereocenters. The van der Waals surface area contributed by atoms with E-state index in [0.717, 1.165) is 4.57 Å². The van der Waals surface area contributed by atoms with Crippen molar-refractivity contribution in [3.8, 4) is 11.8 Å². The number of carbonyl (C=O) groups excluding carboxylic acids is 1. The highest BCUT2D eigenvalue weighted by Crippen LogP contribution is 2.27. The van der Waals surface area contributed by atoms with E-state index in [1.165, 1.54) is 24.8 Å². The summed E-state index contributed by atoms with van der Waals surface area (Å²) < 4.78 is 14.5. The smallest absolute Gasteiger partial charge is 0.337 e. The van der Waals surface area contributed by atoms with E-state index in [0.29, 0.717) is 11.3 Å². The second-order valence-corrected chi connectivity index (χ2v) is 6.36. The molecule has 0 aliphatic heterocycles. The van der Waals surface area contributed by atoms with Crippen LogP contribution in [0.15, 0.2) is 33.9 Å². The van der Waals surface area contributed by atoms with E-state index in [1.54, 1.807) is 29.8 Å². The average Bonchev–Trinajstić information content (AvgIpc) is 3.03. The van der Waals surface area contributed by atoms with E-state index in [1.807, 2.05) is 13.8 Å². The molecule has 142 valence electrons. The second kappa shape index (κ2) is 6.75. The minimum absolute atomic E-state index is 0.153. The molecule has 0 bridgehead atoms. The molecule has 0 saturated heterocycles. The van der Waals surface area contributed by atoms with Gasteiger partial charge < -0.3 is 9.47 Å². The molecule has 0 saturated carbocycles. The predicted molar refractivity (Wildman–Crippen MR) is 98.5 cm³/mol. The van der Waals surface area contributed by atoms with Gasteiger partial charge in [0.15, 0.2) is 11.2 Å². The lowest BCUT2D eigenvalue weighted by Gasteiger charge is -2.13. The fourth-order valence-electron chi connectivity index (χ4n) is 2.86. The maximum absolute atomic E-state index is 12.6. The number of aryl methyl sites for hydroxylation is 1. The number of hydrogen-bond donors (Lipinski definition) is 0. The third-order valence-corrected chi connectivity index (χ3v) is 4.24. The summed E-state index contributed by atoms with van der Waals surface area (Å²) in [5, 5.41) is 0. The van der Waals surface area contributed by atoms with E-state index in [9.17, 15) is 14.4 Å². The molecule has 0 aliphatic carbocycles. The lowest BCUT2D eigenvalue weighted by molar-refractivity contribution is 0.0600. The molecule has 0 aliphatic rings. The number of imidazole rings is 1. The van der Waals surface area contributed by atoms with Crippen molar-refractivity contribution >= 4 is 17.1 Å². The fraction of sp³-hybridized carbons (Fsp3) is 0.333. The van der Waals surface area contributed by atoms with Gasteiger partial charge in [-0.3, -0.25) is 18.5 Å². The van der Waals surface area contributed by atoms with E-state index in [2.05, 4.69) is 4.98 Å². The number of ether oxygens (including phenoxy) is 2. The Morgan fingerprint density at radius 1 is 1.15 bits per heavy atom. The van der Waals surface area contributed by atoms with Gasteiger partial charge in [-0.05, 0) is 32.0 Å². The van der Waals surface area contributed by atoms with Crippen LogP contribution in [0.3, 0.4) is 0 Å². The molecule has 0 spiro atoms. The zero-order chi connectivity index (χ0) is 19.9. The van der Waals surface area contributed by atoms with Gasteiger partial charge in [-0.15, -0.1) is 0 Å². The molecule has 0 radical (unpaired) electrons. The zero-order valence-electron chi connectivity index (χ0n) is 15.7. The molecule has 0 N–H and O–H groups in total. The van der Waals surface area contributed by atoms with Gasteiger partial charge in [0.2, 0.25) is 0 Å². The van der Waals surface area contributed by atoms with Crippen molar-refractivity contribution in [3.63, 3.8) is 0 Å². The molecule has 0 fully saturated rings. The van der Waals surface area contributed by atoms with Crippen LogP contribution in [0.4, 0.5) is 0 Å². The maximum atomic E-state index is 12.6. The Balaban J connectivity index is 2.21. The summed E-state index contributed by atoms with van der Waals surface area (Å²) in [5.41, 5.74) is -0.0947. The molecule has 0 unspecified atom stereocenters. The monoisotopic (exact) mass is 372 g/mol. The summed E-state index contributed by atoms with van der Waals surface area (Å²) in [4.78, 5) is 40.9. The molecule has 2 heterocycles. The van der Waals surface area contributed by atoms with Gasteiger partial charge in [-0.2, -0.15) is 4.98 Å². The van der Waals surface area contributed by atoms with Crippen LogP contribution >= 0.6 is 0 Å². The maximum Gasteiger partial charge on any atom is 0.337 e. The van der Waals surface area contributed by atoms with Gasteiger partial charge in [0.25, 0.3) is 5.56 Å². The van der Waals surface area contributed by atoms with Gasteiger partial charge in [-0.1, -0.05) is 6.07 Å². The van der Waals surface area contributed by atoms with Gasteiger partial charge in [0.05, 0.1) is 12.7 Å². The summed E-state index contributed by atoms with van der Waals surface area (Å²) >= 11 is 0. The summed E-state index contributed by atoms with van der Waals surface area (Å²) in [6.07, 6.45) is 0. The first kappa shape index (κ1) is 18.4. The summed E-state index contributed by atoms with van der Waals surface area (Å²) in [7, 11) is 4.26. The number of benzene rings is 1. The van der Waals surface area contributed by atoms with Crippen LogP contribution in [0.2, 0.25) is 0 Å². The second-order valence-electron chi connectivity index (χ2n) is 6.36. The van der Waals surface area contributed by atoms with E-state index in [-0.39, 0.29) is 23.2 Å². The topological polar surface area (TPSA) is 97.4 Å². The zero-order valence-corrected chi connectivity index (χ0v) is 15.7. The van der Waals surface area contributed by atoms with Gasteiger partial charge in [0.1, 0.15) is 5.75 Å². The van der Waals surface area contributed by atoms with Crippen molar-refractivity contribution in [2.75, 3.05) is 7.11 Å². The number of rotatable bonds is 4. The molecule has 3 rings (SSSR count). The highest BCUT2D eigenvalue weighted by Gasteiger charge is 2.22. The standard InChI is InChI=1S/C18H20N4O5/c1-10(2)22-13-14(20(3)18(25)21(4)15(13)23)19-17(22)27-12-8-6-7-11(9-12)16(24)26-5/h6-10H,1-5H3. The first-order valence-electron chi connectivity index (χ1n) is 8.30. The van der Waals surface area contributed by atoms with Crippen molar-refractivity contribution in [2.45, 2.75) is 19.9 Å². The fourth-order valence-corrected chi connectivity index (χ4v) is 2.86. The van der Waals surface area contributed by atoms with Crippen LogP contribution in [0.5, 0.6) is 11.8 Å². The lowest BCUT2D eigenvalue weighted by Crippen LogP contribution is -2.37. The minimum atomic E-state index is -0.492. The minimum Gasteiger partial charge on any atom is -0.465 e. The summed E-state index contributed by atoms with van der Waals surface area (Å²) in [6.45, 7) is 3.76. The third kappa shape index (κ3) is 3.01. The van der Waals surface area contributed by atoms with Gasteiger partial charge in [0, 0.05) is 20.1 Å². The number of esters is 1. The van der Waals surface area contributed by atoms with Crippen LogP contribution < -0.4 is 16.0 Å². The number of nitrogens with zero attached hydrogens (tertiary/aromatic N) is 4. The third-order valence-electron chi connectivity index (χ3n) is 4.24. The van der Waals surface area contributed by atoms with Crippen LogP contribution in [0.25, 0.3) is 11.2 Å². The highest BCUT2D eigenvalue weighted by atomic mass is 16.5.